The van der Waals surface area contributed by atoms with Gasteiger partial charge in [-0.25, -0.2) is 14.8 Å². The number of nitrogens with one attached hydrogen (secondary N) is 1. The van der Waals surface area contributed by atoms with Crippen LogP contribution in [0.25, 0.3) is 22.5 Å². The maximum absolute atomic E-state index is 12.2. The molecule has 0 aliphatic carbocycles. The van der Waals surface area contributed by atoms with E-state index in [-0.39, 0.29) is 17.4 Å². The minimum atomic E-state index is -0.590. The number of benzene rings is 2. The lowest BCUT2D eigenvalue weighted by Gasteiger charge is -2.12. The number of esters is 1. The number of ether oxygens (including phenoxy) is 3. The Morgan fingerprint density at radius 3 is 2.06 bits per heavy atom. The number of aromatic nitrogens is 2. The largest absolute Gasteiger partial charge is 0.493 e. The van der Waals surface area contributed by atoms with Gasteiger partial charge in [-0.05, 0) is 36.4 Å². The highest BCUT2D eigenvalue weighted by molar-refractivity contribution is 6.01. The summed E-state index contributed by atoms with van der Waals surface area (Å²) in [5, 5.41) is 2.62. The van der Waals surface area contributed by atoms with E-state index >= 15 is 0 Å². The lowest BCUT2D eigenvalue weighted by atomic mass is 10.0. The van der Waals surface area contributed by atoms with Crippen molar-refractivity contribution < 1.29 is 23.8 Å². The van der Waals surface area contributed by atoms with Crippen molar-refractivity contribution in [1.29, 1.82) is 0 Å². The van der Waals surface area contributed by atoms with E-state index in [0.29, 0.717) is 34.1 Å². The molecule has 1 heterocycles. The quantitative estimate of drug-likeness (QED) is 0.580. The Bertz CT molecular complexity index is 1150. The standard InChI is InChI=1S/C22H22N4O5/c1-12(27)24-16-7-5-13(9-15(16)21(28)31-4)17-11-18(26-22(23)25-17)14-6-8-19(29-2)20(10-14)30-3/h5-11H,1-4H3,(H,24,27)(H2,23,25,26). The average molecular weight is 422 g/mol. The van der Waals surface area contributed by atoms with Crippen LogP contribution < -0.4 is 20.5 Å². The fraction of sp³-hybridized carbons (Fsp3) is 0.182. The van der Waals surface area contributed by atoms with Crippen molar-refractivity contribution in [3.8, 4) is 34.0 Å². The Morgan fingerprint density at radius 1 is 0.871 bits per heavy atom. The van der Waals surface area contributed by atoms with E-state index in [2.05, 4.69) is 15.3 Å². The molecule has 2 aromatic carbocycles. The minimum absolute atomic E-state index is 0.0628. The Balaban J connectivity index is 2.09. The van der Waals surface area contributed by atoms with Crippen LogP contribution in [0.15, 0.2) is 42.5 Å². The molecule has 31 heavy (non-hydrogen) atoms. The second kappa shape index (κ2) is 9.12. The number of nitrogens with two attached hydrogens (primary N) is 1. The van der Waals surface area contributed by atoms with Crippen molar-refractivity contribution in [2.75, 3.05) is 32.4 Å². The zero-order chi connectivity index (χ0) is 22.5. The smallest absolute Gasteiger partial charge is 0.339 e. The number of hydrogen-bond acceptors (Lipinski definition) is 8. The van der Waals surface area contributed by atoms with Crippen molar-refractivity contribution in [2.24, 2.45) is 0 Å². The molecule has 1 amide bonds. The molecule has 3 rings (SSSR count). The van der Waals surface area contributed by atoms with Gasteiger partial charge in [0.15, 0.2) is 11.5 Å². The van der Waals surface area contributed by atoms with Crippen LogP contribution in [0, 0.1) is 0 Å². The summed E-state index contributed by atoms with van der Waals surface area (Å²) < 4.78 is 15.5. The first-order valence-corrected chi connectivity index (χ1v) is 9.23. The summed E-state index contributed by atoms with van der Waals surface area (Å²) in [5.41, 5.74) is 8.90. The van der Waals surface area contributed by atoms with Crippen molar-refractivity contribution >= 4 is 23.5 Å². The summed E-state index contributed by atoms with van der Waals surface area (Å²) in [5.74, 6) is 0.302. The predicted molar refractivity (Wildman–Crippen MR) is 116 cm³/mol. The van der Waals surface area contributed by atoms with Crippen LogP contribution >= 0.6 is 0 Å². The first kappa shape index (κ1) is 21.6. The van der Waals surface area contributed by atoms with E-state index in [0.717, 1.165) is 5.56 Å². The summed E-state index contributed by atoms with van der Waals surface area (Å²) in [4.78, 5) is 32.3. The Labute approximate surface area is 179 Å². The molecule has 0 fully saturated rings. The number of anilines is 2. The Hall–Kier alpha value is -4.14. The fourth-order valence-corrected chi connectivity index (χ4v) is 3.04. The molecule has 9 heteroatoms. The number of rotatable bonds is 6. The van der Waals surface area contributed by atoms with Gasteiger partial charge in [0.25, 0.3) is 0 Å². The number of carbonyl (C=O) groups is 2. The second-order valence-electron chi connectivity index (χ2n) is 6.50. The van der Waals surface area contributed by atoms with Gasteiger partial charge >= 0.3 is 5.97 Å². The van der Waals surface area contributed by atoms with Gasteiger partial charge in [0.05, 0.1) is 44.0 Å². The summed E-state index contributed by atoms with van der Waals surface area (Å²) in [6, 6.07) is 12.0. The van der Waals surface area contributed by atoms with Gasteiger partial charge in [0.2, 0.25) is 11.9 Å². The third kappa shape index (κ3) is 4.72. The summed E-state index contributed by atoms with van der Waals surface area (Å²) in [7, 11) is 4.37. The van der Waals surface area contributed by atoms with E-state index in [1.165, 1.54) is 14.0 Å². The number of hydrogen-bond donors (Lipinski definition) is 2. The van der Waals surface area contributed by atoms with Gasteiger partial charge in [-0.2, -0.15) is 0 Å². The second-order valence-corrected chi connectivity index (χ2v) is 6.50. The molecule has 0 unspecified atom stereocenters. The van der Waals surface area contributed by atoms with Gasteiger partial charge in [-0.15, -0.1) is 0 Å². The predicted octanol–water partition coefficient (Wildman–Crippen LogP) is 3.16. The molecule has 0 aliphatic rings. The van der Waals surface area contributed by atoms with Crippen molar-refractivity contribution in [1.82, 2.24) is 9.97 Å². The number of carbonyl (C=O) groups excluding carboxylic acids is 2. The maximum atomic E-state index is 12.2. The highest BCUT2D eigenvalue weighted by Crippen LogP contribution is 2.33. The number of nitrogen functional groups attached to an aromatic ring is 1. The van der Waals surface area contributed by atoms with E-state index in [1.54, 1.807) is 50.6 Å². The van der Waals surface area contributed by atoms with Gasteiger partial charge in [-0.1, -0.05) is 6.07 Å². The van der Waals surface area contributed by atoms with Gasteiger partial charge in [-0.3, -0.25) is 4.79 Å². The monoisotopic (exact) mass is 422 g/mol. The molecule has 9 nitrogen and oxygen atoms in total. The molecule has 1 aromatic heterocycles. The molecule has 0 atom stereocenters. The van der Waals surface area contributed by atoms with Gasteiger partial charge < -0.3 is 25.3 Å². The maximum Gasteiger partial charge on any atom is 0.339 e. The van der Waals surface area contributed by atoms with Crippen LogP contribution in [0.5, 0.6) is 11.5 Å². The molecule has 0 radical (unpaired) electrons. The highest BCUT2D eigenvalue weighted by atomic mass is 16.5. The molecule has 0 spiro atoms. The third-order valence-corrected chi connectivity index (χ3v) is 4.45. The van der Waals surface area contributed by atoms with Crippen molar-refractivity contribution in [3.05, 3.63) is 48.0 Å². The fourth-order valence-electron chi connectivity index (χ4n) is 3.04. The summed E-state index contributed by atoms with van der Waals surface area (Å²) >= 11 is 0. The van der Waals surface area contributed by atoms with Crippen LogP contribution in [-0.2, 0) is 9.53 Å². The molecule has 0 bridgehead atoms. The topological polar surface area (TPSA) is 126 Å². The van der Waals surface area contributed by atoms with Gasteiger partial charge in [0.1, 0.15) is 0 Å². The zero-order valence-corrected chi connectivity index (χ0v) is 17.6. The normalized spacial score (nSPS) is 10.3. The van der Waals surface area contributed by atoms with Gasteiger partial charge in [0, 0.05) is 18.1 Å². The SMILES string of the molecule is COC(=O)c1cc(-c2cc(-c3ccc(OC)c(OC)c3)nc(N)n2)ccc1NC(C)=O. The molecule has 3 aromatic rings. The lowest BCUT2D eigenvalue weighted by Crippen LogP contribution is -2.12. The van der Waals surface area contributed by atoms with Crippen LogP contribution in [0.1, 0.15) is 17.3 Å². The molecule has 160 valence electrons. The number of amides is 1. The van der Waals surface area contributed by atoms with E-state index < -0.39 is 5.97 Å². The molecule has 0 saturated heterocycles. The van der Waals surface area contributed by atoms with Crippen molar-refractivity contribution in [2.45, 2.75) is 6.92 Å². The third-order valence-electron chi connectivity index (χ3n) is 4.45. The molecular weight excluding hydrogens is 400 g/mol. The number of methoxy groups -OCH3 is 3. The first-order valence-electron chi connectivity index (χ1n) is 9.23. The highest BCUT2D eigenvalue weighted by Gasteiger charge is 2.16. The lowest BCUT2D eigenvalue weighted by molar-refractivity contribution is -0.114. The zero-order valence-electron chi connectivity index (χ0n) is 17.6. The average Bonchev–Trinajstić information content (AvgIpc) is 2.77. The molecule has 0 aliphatic heterocycles. The summed E-state index contributed by atoms with van der Waals surface area (Å²) in [6.07, 6.45) is 0. The van der Waals surface area contributed by atoms with E-state index in [1.807, 2.05) is 6.07 Å². The van der Waals surface area contributed by atoms with Crippen LogP contribution in [0.4, 0.5) is 11.6 Å². The van der Waals surface area contributed by atoms with Crippen LogP contribution in [-0.4, -0.2) is 43.2 Å². The first-order chi connectivity index (χ1) is 14.9. The van der Waals surface area contributed by atoms with Crippen LogP contribution in [0.3, 0.4) is 0 Å². The Kier molecular flexibility index (Phi) is 6.35. The summed E-state index contributed by atoms with van der Waals surface area (Å²) in [6.45, 7) is 1.36. The minimum Gasteiger partial charge on any atom is -0.493 e. The van der Waals surface area contributed by atoms with E-state index in [9.17, 15) is 9.59 Å². The Morgan fingerprint density at radius 2 is 1.48 bits per heavy atom. The van der Waals surface area contributed by atoms with E-state index in [4.69, 9.17) is 19.9 Å². The number of nitrogens with zero attached hydrogens (tertiary/aromatic N) is 2. The molecule has 3 N–H and O–H groups in total. The van der Waals surface area contributed by atoms with Crippen molar-refractivity contribution in [3.63, 3.8) is 0 Å². The molecular formula is C22H22N4O5. The molecule has 0 saturated carbocycles. The van der Waals surface area contributed by atoms with Crippen LogP contribution in [0.2, 0.25) is 0 Å².